The van der Waals surface area contributed by atoms with E-state index in [1.54, 1.807) is 0 Å². The number of allylic oxidation sites excluding steroid dienone is 14. The van der Waals surface area contributed by atoms with Crippen molar-refractivity contribution in [3.8, 4) is 0 Å². The van der Waals surface area contributed by atoms with Crippen LogP contribution in [-0.2, 0) is 28.6 Å². The number of carbonyl (C=O) groups is 3. The molecule has 1 atom stereocenters. The lowest BCUT2D eigenvalue weighted by Gasteiger charge is -2.18. The van der Waals surface area contributed by atoms with Crippen LogP contribution >= 0.6 is 0 Å². The van der Waals surface area contributed by atoms with Crippen molar-refractivity contribution in [2.75, 3.05) is 13.2 Å². The Labute approximate surface area is 515 Å². The molecule has 0 fully saturated rings. The third-order valence-electron chi connectivity index (χ3n) is 15.9. The topological polar surface area (TPSA) is 78.9 Å². The predicted molar refractivity (Wildman–Crippen MR) is 362 cm³/mol. The summed E-state index contributed by atoms with van der Waals surface area (Å²) in [5.41, 5.74) is 0. The summed E-state index contributed by atoms with van der Waals surface area (Å²) in [4.78, 5) is 38.5. The first kappa shape index (κ1) is 79.6. The van der Waals surface area contributed by atoms with E-state index in [9.17, 15) is 14.4 Å². The first-order valence-electron chi connectivity index (χ1n) is 36.1. The van der Waals surface area contributed by atoms with Crippen LogP contribution in [-0.4, -0.2) is 37.2 Å². The Bertz CT molecular complexity index is 1570. The Morgan fingerprint density at radius 3 is 0.771 bits per heavy atom. The van der Waals surface area contributed by atoms with E-state index in [0.717, 1.165) is 103 Å². The summed E-state index contributed by atoms with van der Waals surface area (Å²) in [5.74, 6) is -0.880. The Balaban J connectivity index is 4.30. The molecule has 0 spiro atoms. The van der Waals surface area contributed by atoms with Gasteiger partial charge in [0.25, 0.3) is 0 Å². The summed E-state index contributed by atoms with van der Waals surface area (Å²) >= 11 is 0. The van der Waals surface area contributed by atoms with Crippen LogP contribution in [0.4, 0.5) is 0 Å². The van der Waals surface area contributed by atoms with Gasteiger partial charge in [0, 0.05) is 19.3 Å². The van der Waals surface area contributed by atoms with Gasteiger partial charge in [-0.15, -0.1) is 0 Å². The lowest BCUT2D eigenvalue weighted by molar-refractivity contribution is -0.167. The standard InChI is InChI=1S/C77H136O6/c1-4-7-10-13-16-19-22-25-28-30-32-34-36-37-38-39-41-42-44-46-49-52-55-58-61-64-67-70-76(79)82-73-74(72-81-75(78)69-66-63-60-57-54-51-48-27-24-21-18-15-12-9-6-3)83-77(80)71-68-65-62-59-56-53-50-47-45-43-40-35-33-31-29-26-23-20-17-14-11-8-5-2/h8,11,17-18,20-21,26-27,29-30,32-33,35,48,74H,4-7,9-10,12-16,19,22-25,28,31,34,36-47,49-73H2,1-3H3/b11-8-,20-17-,21-18-,29-26-,32-30-,35-33-,48-27-. The molecular weight excluding hydrogens is 1020 g/mol. The second kappa shape index (κ2) is 71.1. The first-order chi connectivity index (χ1) is 41.0. The normalized spacial score (nSPS) is 12.6. The molecule has 0 aliphatic carbocycles. The summed E-state index contributed by atoms with van der Waals surface area (Å²) in [7, 11) is 0. The van der Waals surface area contributed by atoms with Crippen molar-refractivity contribution >= 4 is 17.9 Å². The molecule has 0 aliphatic heterocycles. The third-order valence-corrected chi connectivity index (χ3v) is 15.9. The van der Waals surface area contributed by atoms with Crippen LogP contribution in [0.3, 0.4) is 0 Å². The Morgan fingerprint density at radius 1 is 0.253 bits per heavy atom. The molecule has 480 valence electrons. The average molecular weight is 1160 g/mol. The van der Waals surface area contributed by atoms with E-state index in [2.05, 4.69) is 106 Å². The highest BCUT2D eigenvalue weighted by atomic mass is 16.6. The van der Waals surface area contributed by atoms with Gasteiger partial charge in [-0.05, 0) is 116 Å². The van der Waals surface area contributed by atoms with Crippen LogP contribution in [0, 0.1) is 0 Å². The van der Waals surface area contributed by atoms with Gasteiger partial charge >= 0.3 is 17.9 Å². The van der Waals surface area contributed by atoms with Crippen LogP contribution in [0.15, 0.2) is 85.1 Å². The van der Waals surface area contributed by atoms with Crippen LogP contribution in [0.2, 0.25) is 0 Å². The molecule has 0 saturated carbocycles. The summed E-state index contributed by atoms with van der Waals surface area (Å²) < 4.78 is 17.0. The average Bonchev–Trinajstić information content (AvgIpc) is 3.49. The number of hydrogen-bond acceptors (Lipinski definition) is 6. The minimum absolute atomic E-state index is 0.0801. The van der Waals surface area contributed by atoms with Gasteiger partial charge in [-0.2, -0.15) is 0 Å². The molecule has 0 amide bonds. The van der Waals surface area contributed by atoms with Crippen molar-refractivity contribution in [2.45, 2.75) is 374 Å². The van der Waals surface area contributed by atoms with E-state index >= 15 is 0 Å². The smallest absolute Gasteiger partial charge is 0.306 e. The zero-order chi connectivity index (χ0) is 59.9. The summed E-state index contributed by atoms with van der Waals surface area (Å²) in [6.07, 6.45) is 94.7. The second-order valence-corrected chi connectivity index (χ2v) is 24.1. The molecule has 0 aliphatic rings. The number of ether oxygens (including phenoxy) is 3. The molecule has 0 aromatic heterocycles. The molecule has 0 radical (unpaired) electrons. The Morgan fingerprint density at radius 2 is 0.470 bits per heavy atom. The molecule has 0 heterocycles. The summed E-state index contributed by atoms with van der Waals surface area (Å²) in [6, 6.07) is 0. The van der Waals surface area contributed by atoms with Gasteiger partial charge in [0.15, 0.2) is 6.10 Å². The maximum atomic E-state index is 13.0. The zero-order valence-electron chi connectivity index (χ0n) is 55.2. The molecule has 0 rings (SSSR count). The van der Waals surface area contributed by atoms with Crippen LogP contribution in [0.5, 0.6) is 0 Å². The Hall–Kier alpha value is -3.41. The van der Waals surface area contributed by atoms with Gasteiger partial charge < -0.3 is 14.2 Å². The van der Waals surface area contributed by atoms with Crippen molar-refractivity contribution in [2.24, 2.45) is 0 Å². The predicted octanol–water partition coefficient (Wildman–Crippen LogP) is 25.0. The van der Waals surface area contributed by atoms with E-state index in [1.165, 1.54) is 225 Å². The number of esters is 3. The number of hydrogen-bond donors (Lipinski definition) is 0. The Kier molecular flexibility index (Phi) is 68.2. The maximum absolute atomic E-state index is 13.0. The van der Waals surface area contributed by atoms with Gasteiger partial charge in [-0.1, -0.05) is 318 Å². The minimum Gasteiger partial charge on any atom is -0.462 e. The molecule has 6 nitrogen and oxygen atoms in total. The largest absolute Gasteiger partial charge is 0.462 e. The third kappa shape index (κ3) is 69.3. The fraction of sp³-hybridized carbons (Fsp3) is 0.779. The molecule has 0 bridgehead atoms. The molecule has 0 saturated heterocycles. The van der Waals surface area contributed by atoms with Crippen LogP contribution < -0.4 is 0 Å². The van der Waals surface area contributed by atoms with Gasteiger partial charge in [0.1, 0.15) is 13.2 Å². The fourth-order valence-electron chi connectivity index (χ4n) is 10.5. The molecule has 6 heteroatoms. The molecule has 1 unspecified atom stereocenters. The van der Waals surface area contributed by atoms with E-state index in [4.69, 9.17) is 14.2 Å². The molecule has 0 N–H and O–H groups in total. The quantitative estimate of drug-likeness (QED) is 0.0261. The second-order valence-electron chi connectivity index (χ2n) is 24.1. The van der Waals surface area contributed by atoms with Gasteiger partial charge in [0.05, 0.1) is 0 Å². The maximum Gasteiger partial charge on any atom is 0.306 e. The van der Waals surface area contributed by atoms with Crippen molar-refractivity contribution < 1.29 is 28.6 Å². The van der Waals surface area contributed by atoms with Crippen molar-refractivity contribution in [1.82, 2.24) is 0 Å². The highest BCUT2D eigenvalue weighted by molar-refractivity contribution is 5.71. The monoisotopic (exact) mass is 1160 g/mol. The lowest BCUT2D eigenvalue weighted by Crippen LogP contribution is -2.30. The van der Waals surface area contributed by atoms with Crippen molar-refractivity contribution in [3.63, 3.8) is 0 Å². The molecule has 83 heavy (non-hydrogen) atoms. The summed E-state index contributed by atoms with van der Waals surface area (Å²) in [5, 5.41) is 0. The fourth-order valence-corrected chi connectivity index (χ4v) is 10.5. The first-order valence-corrected chi connectivity index (χ1v) is 36.1. The molecular formula is C77H136O6. The van der Waals surface area contributed by atoms with E-state index in [0.29, 0.717) is 19.3 Å². The van der Waals surface area contributed by atoms with Crippen LogP contribution in [0.1, 0.15) is 367 Å². The minimum atomic E-state index is -0.787. The lowest BCUT2D eigenvalue weighted by atomic mass is 10.0. The number of rotatable bonds is 66. The molecule has 0 aromatic rings. The van der Waals surface area contributed by atoms with Crippen LogP contribution in [0.25, 0.3) is 0 Å². The molecule has 0 aromatic carbocycles. The van der Waals surface area contributed by atoms with Crippen molar-refractivity contribution in [3.05, 3.63) is 85.1 Å². The van der Waals surface area contributed by atoms with E-state index in [-0.39, 0.29) is 31.1 Å². The van der Waals surface area contributed by atoms with Gasteiger partial charge in [-0.3, -0.25) is 14.4 Å². The SMILES string of the molecule is CC/C=C\C/C=C\C/C=C\C/C=C\CCCCCCCCCCCCC(=O)OC(COC(=O)CCCCCCC/C=C\C/C=C\CCCCC)COC(=O)CCCCCCCCCCCCCCCCC/C=C\CCCCCCCCCC. The van der Waals surface area contributed by atoms with Gasteiger partial charge in [-0.25, -0.2) is 0 Å². The van der Waals surface area contributed by atoms with Crippen molar-refractivity contribution in [1.29, 1.82) is 0 Å². The summed E-state index contributed by atoms with van der Waals surface area (Å²) in [6.45, 7) is 6.54. The number of carbonyl (C=O) groups excluding carboxylic acids is 3. The highest BCUT2D eigenvalue weighted by Crippen LogP contribution is 2.18. The zero-order valence-corrected chi connectivity index (χ0v) is 55.2. The number of unbranched alkanes of at least 4 members (excludes halogenated alkanes) is 41. The highest BCUT2D eigenvalue weighted by Gasteiger charge is 2.19. The van der Waals surface area contributed by atoms with Gasteiger partial charge in [0.2, 0.25) is 0 Å². The van der Waals surface area contributed by atoms with E-state index < -0.39 is 6.10 Å². The van der Waals surface area contributed by atoms with E-state index in [1.807, 2.05) is 0 Å².